The summed E-state index contributed by atoms with van der Waals surface area (Å²) in [6.07, 6.45) is 2.82. The maximum Gasteiger partial charge on any atom is 0.267 e. The summed E-state index contributed by atoms with van der Waals surface area (Å²) < 4.78 is 22.2. The highest BCUT2D eigenvalue weighted by molar-refractivity contribution is 5.96. The molecular formula is C28H31FN6O3. The van der Waals surface area contributed by atoms with E-state index in [2.05, 4.69) is 10.2 Å². The van der Waals surface area contributed by atoms with Crippen LogP contribution in [0.5, 0.6) is 0 Å². The molecule has 0 atom stereocenters. The van der Waals surface area contributed by atoms with Crippen LogP contribution < -0.4 is 16.4 Å². The van der Waals surface area contributed by atoms with Crippen molar-refractivity contribution >= 4 is 22.6 Å². The van der Waals surface area contributed by atoms with Gasteiger partial charge in [0.1, 0.15) is 22.6 Å². The SMILES string of the molecule is Cc1cccn2c(=O)c3cc(C(=O)NCCCN4CCOCC4)c(=N)n(CCc4cccc(F)c4)c3nc12. The van der Waals surface area contributed by atoms with E-state index in [1.807, 2.05) is 19.1 Å². The van der Waals surface area contributed by atoms with Crippen LogP contribution in [0.4, 0.5) is 4.39 Å². The van der Waals surface area contributed by atoms with Gasteiger partial charge in [0.25, 0.3) is 11.5 Å². The third-order valence-corrected chi connectivity index (χ3v) is 6.93. The first kappa shape index (κ1) is 25.7. The third-order valence-electron chi connectivity index (χ3n) is 6.93. The highest BCUT2D eigenvalue weighted by Gasteiger charge is 2.18. The molecule has 0 unspecified atom stereocenters. The molecule has 3 aromatic heterocycles. The van der Waals surface area contributed by atoms with Gasteiger partial charge in [-0.1, -0.05) is 18.2 Å². The van der Waals surface area contributed by atoms with Crippen LogP contribution in [-0.4, -0.2) is 64.2 Å². The second kappa shape index (κ2) is 11.2. The Balaban J connectivity index is 1.49. The number of rotatable bonds is 8. The van der Waals surface area contributed by atoms with Crippen LogP contribution >= 0.6 is 0 Å². The van der Waals surface area contributed by atoms with Crippen LogP contribution in [0.25, 0.3) is 16.7 Å². The molecule has 198 valence electrons. The molecule has 2 N–H and O–H groups in total. The van der Waals surface area contributed by atoms with Gasteiger partial charge in [-0.05, 0) is 61.7 Å². The maximum absolute atomic E-state index is 13.8. The third kappa shape index (κ3) is 5.36. The van der Waals surface area contributed by atoms with Gasteiger partial charge in [-0.2, -0.15) is 0 Å². The zero-order valence-corrected chi connectivity index (χ0v) is 21.4. The van der Waals surface area contributed by atoms with E-state index in [9.17, 15) is 14.0 Å². The lowest BCUT2D eigenvalue weighted by Crippen LogP contribution is -2.39. The maximum atomic E-state index is 13.8. The minimum atomic E-state index is -0.410. The smallest absolute Gasteiger partial charge is 0.267 e. The number of carbonyl (C=O) groups is 1. The zero-order valence-electron chi connectivity index (χ0n) is 21.4. The van der Waals surface area contributed by atoms with Crippen LogP contribution in [0.1, 0.15) is 27.9 Å². The fourth-order valence-electron chi connectivity index (χ4n) is 4.85. The molecule has 10 heteroatoms. The molecule has 0 radical (unpaired) electrons. The molecule has 1 fully saturated rings. The summed E-state index contributed by atoms with van der Waals surface area (Å²) >= 11 is 0. The molecule has 4 aromatic rings. The van der Waals surface area contributed by atoms with Crippen molar-refractivity contribution in [1.29, 1.82) is 5.41 Å². The van der Waals surface area contributed by atoms with E-state index in [0.29, 0.717) is 24.3 Å². The van der Waals surface area contributed by atoms with E-state index in [4.69, 9.17) is 15.1 Å². The topological polar surface area (TPSA) is 105 Å². The first-order valence-electron chi connectivity index (χ1n) is 12.9. The first-order valence-corrected chi connectivity index (χ1v) is 12.9. The Labute approximate surface area is 219 Å². The number of ether oxygens (including phenoxy) is 1. The number of amides is 1. The van der Waals surface area contributed by atoms with Crippen molar-refractivity contribution in [3.63, 3.8) is 0 Å². The van der Waals surface area contributed by atoms with E-state index in [0.717, 1.165) is 50.4 Å². The number of nitrogens with one attached hydrogen (secondary N) is 2. The lowest BCUT2D eigenvalue weighted by Gasteiger charge is -2.26. The Morgan fingerprint density at radius 3 is 2.74 bits per heavy atom. The summed E-state index contributed by atoms with van der Waals surface area (Å²) in [4.78, 5) is 33.7. The summed E-state index contributed by atoms with van der Waals surface area (Å²) in [5, 5.41) is 12.1. The highest BCUT2D eigenvalue weighted by Crippen LogP contribution is 2.14. The number of halogens is 1. The summed E-state index contributed by atoms with van der Waals surface area (Å²) in [7, 11) is 0. The first-order chi connectivity index (χ1) is 18.4. The monoisotopic (exact) mass is 518 g/mol. The fourth-order valence-corrected chi connectivity index (χ4v) is 4.85. The molecule has 5 rings (SSSR count). The number of nitrogens with zero attached hydrogens (tertiary/aromatic N) is 4. The summed E-state index contributed by atoms with van der Waals surface area (Å²) in [6, 6.07) is 11.4. The molecule has 0 bridgehead atoms. The average Bonchev–Trinajstić information content (AvgIpc) is 2.92. The molecule has 1 aromatic carbocycles. The van der Waals surface area contributed by atoms with Crippen molar-refractivity contribution in [3.8, 4) is 0 Å². The van der Waals surface area contributed by atoms with Crippen molar-refractivity contribution in [2.24, 2.45) is 0 Å². The lowest BCUT2D eigenvalue weighted by atomic mass is 10.1. The molecule has 1 aliphatic rings. The second-order valence-corrected chi connectivity index (χ2v) is 9.54. The molecule has 0 aliphatic carbocycles. The molecule has 9 nitrogen and oxygen atoms in total. The number of pyridine rings is 2. The Morgan fingerprint density at radius 2 is 1.95 bits per heavy atom. The molecular weight excluding hydrogens is 487 g/mol. The largest absolute Gasteiger partial charge is 0.379 e. The second-order valence-electron chi connectivity index (χ2n) is 9.54. The van der Waals surface area contributed by atoms with E-state index >= 15 is 0 Å². The quantitative estimate of drug-likeness (QED) is 0.275. The predicted molar refractivity (Wildman–Crippen MR) is 142 cm³/mol. The van der Waals surface area contributed by atoms with Crippen molar-refractivity contribution in [3.05, 3.63) is 87.0 Å². The Hall–Kier alpha value is -3.89. The summed E-state index contributed by atoms with van der Waals surface area (Å²) in [5.41, 5.74) is 2.14. The van der Waals surface area contributed by atoms with Gasteiger partial charge in [-0.25, -0.2) is 9.37 Å². The summed E-state index contributed by atoms with van der Waals surface area (Å²) in [6.45, 7) is 6.62. The Kier molecular flexibility index (Phi) is 7.62. The van der Waals surface area contributed by atoms with Gasteiger partial charge >= 0.3 is 0 Å². The molecule has 4 heterocycles. The number of benzene rings is 1. The molecule has 1 saturated heterocycles. The van der Waals surface area contributed by atoms with Crippen molar-refractivity contribution in [2.45, 2.75) is 26.3 Å². The average molecular weight is 519 g/mol. The number of hydrogen-bond acceptors (Lipinski definition) is 6. The van der Waals surface area contributed by atoms with Crippen LogP contribution in [0, 0.1) is 18.2 Å². The van der Waals surface area contributed by atoms with Gasteiger partial charge in [-0.15, -0.1) is 0 Å². The zero-order chi connectivity index (χ0) is 26.6. The number of morpholine rings is 1. The highest BCUT2D eigenvalue weighted by atomic mass is 19.1. The van der Waals surface area contributed by atoms with E-state index < -0.39 is 5.91 Å². The molecule has 1 aliphatic heterocycles. The van der Waals surface area contributed by atoms with Crippen LogP contribution in [0.3, 0.4) is 0 Å². The lowest BCUT2D eigenvalue weighted by molar-refractivity contribution is 0.0374. The minimum absolute atomic E-state index is 0.0376. The van der Waals surface area contributed by atoms with E-state index in [-0.39, 0.29) is 34.4 Å². The van der Waals surface area contributed by atoms with Crippen LogP contribution in [0.2, 0.25) is 0 Å². The molecule has 0 spiro atoms. The van der Waals surface area contributed by atoms with Gasteiger partial charge in [0.05, 0.1) is 24.2 Å². The van der Waals surface area contributed by atoms with Gasteiger partial charge < -0.3 is 14.6 Å². The van der Waals surface area contributed by atoms with Crippen molar-refractivity contribution < 1.29 is 13.9 Å². The van der Waals surface area contributed by atoms with Crippen LogP contribution in [-0.2, 0) is 17.7 Å². The predicted octanol–water partition coefficient (Wildman–Crippen LogP) is 2.27. The van der Waals surface area contributed by atoms with Gasteiger partial charge in [0, 0.05) is 32.4 Å². The number of aromatic nitrogens is 3. The Morgan fingerprint density at radius 1 is 1.13 bits per heavy atom. The molecule has 1 amide bonds. The number of carbonyl (C=O) groups excluding carboxylic acids is 1. The van der Waals surface area contributed by atoms with Gasteiger partial charge in [0.15, 0.2) is 0 Å². The molecule has 0 saturated carbocycles. The normalized spacial score (nSPS) is 14.3. The molecule has 38 heavy (non-hydrogen) atoms. The van der Waals surface area contributed by atoms with E-state index in [1.54, 1.807) is 22.9 Å². The summed E-state index contributed by atoms with van der Waals surface area (Å²) in [5.74, 6) is -0.751. The number of aryl methyl sites for hydroxylation is 3. The standard InChI is InChI=1S/C28H31FN6O3/c1-19-5-3-11-35-25(19)32-26-23(28(35)37)18-22(27(36)31-9-4-10-33-13-15-38-16-14-33)24(30)34(26)12-8-20-6-2-7-21(29)17-20/h2-3,5-7,11,17-18,30H,4,8-10,12-16H2,1H3,(H,31,36). The number of fused-ring (bicyclic) bond motifs is 2. The van der Waals surface area contributed by atoms with Gasteiger partial charge in [-0.3, -0.25) is 24.3 Å². The van der Waals surface area contributed by atoms with Crippen molar-refractivity contribution in [2.75, 3.05) is 39.4 Å². The van der Waals surface area contributed by atoms with Crippen LogP contribution in [0.15, 0.2) is 53.5 Å². The Bertz CT molecular complexity index is 1610. The van der Waals surface area contributed by atoms with Gasteiger partial charge in [0.2, 0.25) is 0 Å². The van der Waals surface area contributed by atoms with E-state index in [1.165, 1.54) is 22.6 Å². The number of hydrogen-bond donors (Lipinski definition) is 2. The van der Waals surface area contributed by atoms with Crippen molar-refractivity contribution in [1.82, 2.24) is 24.2 Å². The fraction of sp³-hybridized carbons (Fsp3) is 0.357. The minimum Gasteiger partial charge on any atom is -0.379 e.